The third-order valence-electron chi connectivity index (χ3n) is 5.36. The van der Waals surface area contributed by atoms with E-state index < -0.39 is 10.0 Å². The maximum Gasteiger partial charge on any atom is 0.252 e. The van der Waals surface area contributed by atoms with Crippen LogP contribution in [-0.2, 0) is 16.4 Å². The van der Waals surface area contributed by atoms with Gasteiger partial charge in [-0.05, 0) is 29.9 Å². The molecule has 3 rings (SSSR count). The highest BCUT2D eigenvalue weighted by molar-refractivity contribution is 7.99. The van der Waals surface area contributed by atoms with Crippen molar-refractivity contribution in [3.8, 4) is 0 Å². The van der Waals surface area contributed by atoms with E-state index in [2.05, 4.69) is 22.3 Å². The predicted octanol–water partition coefficient (Wildman–Crippen LogP) is 2.72. The van der Waals surface area contributed by atoms with Crippen molar-refractivity contribution in [3.63, 3.8) is 0 Å². The van der Waals surface area contributed by atoms with Gasteiger partial charge in [-0.25, -0.2) is 8.42 Å². The van der Waals surface area contributed by atoms with E-state index in [-0.39, 0.29) is 18.2 Å². The van der Waals surface area contributed by atoms with Crippen LogP contribution >= 0.6 is 11.8 Å². The largest absolute Gasteiger partial charge is 0.351 e. The predicted molar refractivity (Wildman–Crippen MR) is 127 cm³/mol. The highest BCUT2D eigenvalue weighted by atomic mass is 32.2. The fourth-order valence-corrected chi connectivity index (χ4v) is 5.76. The van der Waals surface area contributed by atoms with Gasteiger partial charge >= 0.3 is 0 Å². The third kappa shape index (κ3) is 7.07. The first-order valence-electron chi connectivity index (χ1n) is 10.7. The minimum atomic E-state index is -3.39. The van der Waals surface area contributed by atoms with Crippen LogP contribution in [0.15, 0.2) is 59.5 Å². The molecule has 0 unspecified atom stereocenters. The maximum absolute atomic E-state index is 12.7. The fraction of sp³-hybridized carbons (Fsp3) is 0.435. The Balaban J connectivity index is 1.42. The number of rotatable bonds is 10. The molecule has 0 aromatic heterocycles. The second-order valence-electron chi connectivity index (χ2n) is 7.48. The van der Waals surface area contributed by atoms with E-state index in [0.717, 1.165) is 36.7 Å². The number of sulfonamides is 1. The number of carbonyl (C=O) groups is 1. The summed E-state index contributed by atoms with van der Waals surface area (Å²) in [6.45, 7) is 5.55. The first-order chi connectivity index (χ1) is 15.0. The normalized spacial score (nSPS) is 15.6. The van der Waals surface area contributed by atoms with Crippen molar-refractivity contribution >= 4 is 27.7 Å². The van der Waals surface area contributed by atoms with Crippen LogP contribution in [0.5, 0.6) is 0 Å². The molecule has 1 aliphatic heterocycles. The molecule has 6 nitrogen and oxygen atoms in total. The molecule has 1 fully saturated rings. The Labute approximate surface area is 190 Å². The summed E-state index contributed by atoms with van der Waals surface area (Å²) >= 11 is 1.60. The van der Waals surface area contributed by atoms with E-state index in [9.17, 15) is 13.2 Å². The molecule has 0 aliphatic carbocycles. The number of hydrogen-bond acceptors (Lipinski definition) is 5. The molecule has 31 heavy (non-hydrogen) atoms. The Bertz CT molecular complexity index is 944. The molecule has 0 saturated carbocycles. The van der Waals surface area contributed by atoms with Gasteiger partial charge in [0.1, 0.15) is 0 Å². The number of piperazine rings is 1. The molecule has 0 radical (unpaired) electrons. The van der Waals surface area contributed by atoms with Crippen LogP contribution in [0.25, 0.3) is 0 Å². The summed E-state index contributed by atoms with van der Waals surface area (Å²) in [6.07, 6.45) is 0.970. The summed E-state index contributed by atoms with van der Waals surface area (Å²) in [6, 6.07) is 17.7. The molecule has 1 heterocycles. The molecular formula is C23H31N3O3S2. The average Bonchev–Trinajstić information content (AvgIpc) is 2.79. The quantitative estimate of drug-likeness (QED) is 0.551. The van der Waals surface area contributed by atoms with Crippen LogP contribution < -0.4 is 5.32 Å². The van der Waals surface area contributed by atoms with Crippen molar-refractivity contribution in [3.05, 3.63) is 65.7 Å². The zero-order chi connectivity index (χ0) is 22.1. The number of thioether (sulfide) groups is 1. The molecule has 1 N–H and O–H groups in total. The van der Waals surface area contributed by atoms with Crippen LogP contribution in [0.2, 0.25) is 0 Å². The Kier molecular flexibility index (Phi) is 8.95. The van der Waals surface area contributed by atoms with E-state index in [1.165, 1.54) is 5.56 Å². The molecule has 0 atom stereocenters. The number of hydrogen-bond donors (Lipinski definition) is 1. The lowest BCUT2D eigenvalue weighted by Crippen LogP contribution is -2.50. The molecule has 1 aliphatic rings. The molecule has 1 amide bonds. The molecule has 2 aromatic rings. The zero-order valence-corrected chi connectivity index (χ0v) is 19.6. The van der Waals surface area contributed by atoms with Gasteiger partial charge in [0.15, 0.2) is 0 Å². The highest BCUT2D eigenvalue weighted by Gasteiger charge is 2.26. The Morgan fingerprint density at radius 2 is 1.68 bits per heavy atom. The van der Waals surface area contributed by atoms with Crippen LogP contribution in [-0.4, -0.2) is 74.3 Å². The van der Waals surface area contributed by atoms with Crippen LogP contribution in [0, 0.1) is 0 Å². The SMILES string of the molecule is CCSc1ccccc1C(=O)NCCS(=O)(=O)N1CCN(CCc2ccccc2)CC1. The smallest absolute Gasteiger partial charge is 0.252 e. The van der Waals surface area contributed by atoms with Gasteiger partial charge < -0.3 is 10.2 Å². The summed E-state index contributed by atoms with van der Waals surface area (Å²) in [5, 5.41) is 2.77. The second kappa shape index (κ2) is 11.7. The molecule has 1 saturated heterocycles. The van der Waals surface area contributed by atoms with Crippen molar-refractivity contribution in [2.24, 2.45) is 0 Å². The lowest BCUT2D eigenvalue weighted by molar-refractivity contribution is 0.0953. The summed E-state index contributed by atoms with van der Waals surface area (Å²) < 4.78 is 27.0. The Hall–Kier alpha value is -1.87. The third-order valence-corrected chi connectivity index (χ3v) is 8.19. The van der Waals surface area contributed by atoms with Crippen LogP contribution in [0.4, 0.5) is 0 Å². The van der Waals surface area contributed by atoms with Crippen LogP contribution in [0.3, 0.4) is 0 Å². The number of amides is 1. The van der Waals surface area contributed by atoms with Crippen molar-refractivity contribution in [1.29, 1.82) is 0 Å². The van der Waals surface area contributed by atoms with E-state index in [0.29, 0.717) is 18.7 Å². The molecule has 168 valence electrons. The average molecular weight is 462 g/mol. The van der Waals surface area contributed by atoms with E-state index in [1.54, 1.807) is 22.1 Å². The van der Waals surface area contributed by atoms with Crippen molar-refractivity contribution in [1.82, 2.24) is 14.5 Å². The second-order valence-corrected chi connectivity index (χ2v) is 10.9. The van der Waals surface area contributed by atoms with E-state index in [4.69, 9.17) is 0 Å². The Morgan fingerprint density at radius 1 is 1.00 bits per heavy atom. The molecule has 0 spiro atoms. The van der Waals surface area contributed by atoms with Gasteiger partial charge in [-0.15, -0.1) is 11.8 Å². The number of nitrogens with zero attached hydrogens (tertiary/aromatic N) is 2. The van der Waals surface area contributed by atoms with Gasteiger partial charge in [-0.3, -0.25) is 4.79 Å². The number of carbonyl (C=O) groups excluding carboxylic acids is 1. The lowest BCUT2D eigenvalue weighted by atomic mass is 10.1. The lowest BCUT2D eigenvalue weighted by Gasteiger charge is -2.34. The molecule has 2 aromatic carbocycles. The van der Waals surface area contributed by atoms with Gasteiger partial charge in [0.2, 0.25) is 10.0 Å². The maximum atomic E-state index is 12.7. The Morgan fingerprint density at radius 3 is 2.39 bits per heavy atom. The highest BCUT2D eigenvalue weighted by Crippen LogP contribution is 2.22. The molecular weight excluding hydrogens is 430 g/mol. The van der Waals surface area contributed by atoms with E-state index in [1.807, 2.05) is 43.3 Å². The standard InChI is InChI=1S/C23H31N3O3S2/c1-2-30-22-11-7-6-10-21(22)23(27)24-13-19-31(28,29)26-17-15-25(16-18-26)14-12-20-8-4-3-5-9-20/h3-11H,2,12-19H2,1H3,(H,24,27). The number of benzene rings is 2. The monoisotopic (exact) mass is 461 g/mol. The van der Waals surface area contributed by atoms with Crippen molar-refractivity contribution in [2.75, 3.05) is 50.8 Å². The van der Waals surface area contributed by atoms with Gasteiger partial charge in [-0.2, -0.15) is 4.31 Å². The topological polar surface area (TPSA) is 69.7 Å². The molecule has 0 bridgehead atoms. The molecule has 8 heteroatoms. The minimum absolute atomic E-state index is 0.0775. The van der Waals surface area contributed by atoms with E-state index >= 15 is 0 Å². The van der Waals surface area contributed by atoms with Crippen molar-refractivity contribution < 1.29 is 13.2 Å². The first kappa shape index (κ1) is 23.8. The number of nitrogens with one attached hydrogen (secondary N) is 1. The summed E-state index contributed by atoms with van der Waals surface area (Å²) in [5.41, 5.74) is 1.89. The van der Waals surface area contributed by atoms with Gasteiger partial charge in [0, 0.05) is 44.2 Å². The minimum Gasteiger partial charge on any atom is -0.351 e. The summed E-state index contributed by atoms with van der Waals surface area (Å²) in [7, 11) is -3.39. The van der Waals surface area contributed by atoms with Gasteiger partial charge in [0.25, 0.3) is 5.91 Å². The van der Waals surface area contributed by atoms with Gasteiger partial charge in [0.05, 0.1) is 11.3 Å². The zero-order valence-electron chi connectivity index (χ0n) is 18.0. The fourth-order valence-electron chi connectivity index (χ4n) is 3.62. The first-order valence-corrected chi connectivity index (χ1v) is 13.3. The van der Waals surface area contributed by atoms with Crippen LogP contribution in [0.1, 0.15) is 22.8 Å². The summed E-state index contributed by atoms with van der Waals surface area (Å²) in [5.74, 6) is 0.569. The van der Waals surface area contributed by atoms with Crippen molar-refractivity contribution in [2.45, 2.75) is 18.2 Å². The summed E-state index contributed by atoms with van der Waals surface area (Å²) in [4.78, 5) is 15.7. The van der Waals surface area contributed by atoms with Gasteiger partial charge in [-0.1, -0.05) is 49.4 Å².